The number of halogens is 1. The highest BCUT2D eigenvalue weighted by Gasteiger charge is 2.33. The van der Waals surface area contributed by atoms with Crippen LogP contribution in [-0.4, -0.2) is 22.3 Å². The minimum absolute atomic E-state index is 0.0115. The topological polar surface area (TPSA) is 72.7 Å². The number of amides is 1. The van der Waals surface area contributed by atoms with E-state index in [-0.39, 0.29) is 11.6 Å². The molecule has 0 bridgehead atoms. The van der Waals surface area contributed by atoms with Crippen LogP contribution < -0.4 is 9.64 Å². The number of nitrogens with zero attached hydrogens (tertiary/aromatic N) is 2. The van der Waals surface area contributed by atoms with E-state index in [2.05, 4.69) is 0 Å². The number of nitro groups is 1. The molecule has 0 spiro atoms. The van der Waals surface area contributed by atoms with Gasteiger partial charge in [0.2, 0.25) is 0 Å². The Hall–Kier alpha value is -2.42. The van der Waals surface area contributed by atoms with Crippen LogP contribution >= 0.6 is 35.6 Å². The number of non-ortho nitro benzene ring substituents is 1. The van der Waals surface area contributed by atoms with Gasteiger partial charge in [0.15, 0.2) is 4.32 Å². The molecule has 0 saturated carbocycles. The molecule has 1 heterocycles. The summed E-state index contributed by atoms with van der Waals surface area (Å²) in [6, 6.07) is 10.9. The molecule has 1 aliphatic rings. The van der Waals surface area contributed by atoms with Crippen LogP contribution in [0.2, 0.25) is 5.02 Å². The molecule has 2 aromatic carbocycles. The number of thioether (sulfide) groups is 1. The standard InChI is InChI=1S/C17H11ClN2O4S2/c1-24-14-7-6-12(9-13(14)18)19-16(21)15(26-17(19)25)8-10-2-4-11(5-3-10)20(22)23/h2-9H,1H3. The monoisotopic (exact) mass is 406 g/mol. The molecular formula is C17H11ClN2O4S2. The van der Waals surface area contributed by atoms with Gasteiger partial charge in [-0.2, -0.15) is 0 Å². The van der Waals surface area contributed by atoms with E-state index in [9.17, 15) is 14.9 Å². The van der Waals surface area contributed by atoms with Crippen LogP contribution in [0.3, 0.4) is 0 Å². The van der Waals surface area contributed by atoms with Crippen molar-refractivity contribution >= 4 is 63.3 Å². The van der Waals surface area contributed by atoms with E-state index in [1.807, 2.05) is 0 Å². The molecule has 0 aliphatic carbocycles. The summed E-state index contributed by atoms with van der Waals surface area (Å²) in [6.07, 6.45) is 1.65. The number of rotatable bonds is 4. The lowest BCUT2D eigenvalue weighted by Crippen LogP contribution is -2.27. The average molecular weight is 407 g/mol. The molecule has 1 aliphatic heterocycles. The molecule has 26 heavy (non-hydrogen) atoms. The summed E-state index contributed by atoms with van der Waals surface area (Å²) in [6.45, 7) is 0. The van der Waals surface area contributed by atoms with Crippen molar-refractivity contribution in [3.63, 3.8) is 0 Å². The van der Waals surface area contributed by atoms with Crippen molar-refractivity contribution in [2.45, 2.75) is 0 Å². The Morgan fingerprint density at radius 3 is 2.54 bits per heavy atom. The van der Waals surface area contributed by atoms with Crippen LogP contribution in [0.4, 0.5) is 11.4 Å². The van der Waals surface area contributed by atoms with Gasteiger partial charge in [-0.05, 0) is 42.0 Å². The van der Waals surface area contributed by atoms with Gasteiger partial charge in [0.25, 0.3) is 11.6 Å². The van der Waals surface area contributed by atoms with Crippen molar-refractivity contribution < 1.29 is 14.5 Å². The van der Waals surface area contributed by atoms with Gasteiger partial charge >= 0.3 is 0 Å². The molecule has 1 amide bonds. The quantitative estimate of drug-likeness (QED) is 0.318. The maximum atomic E-state index is 12.7. The van der Waals surface area contributed by atoms with E-state index in [1.165, 1.54) is 24.1 Å². The predicted octanol–water partition coefficient (Wildman–Crippen LogP) is 4.66. The highest BCUT2D eigenvalue weighted by molar-refractivity contribution is 8.27. The third-order valence-corrected chi connectivity index (χ3v) is 5.19. The maximum Gasteiger partial charge on any atom is 0.270 e. The first-order chi connectivity index (χ1) is 12.4. The molecule has 0 radical (unpaired) electrons. The first-order valence-corrected chi connectivity index (χ1v) is 8.87. The van der Waals surface area contributed by atoms with Crippen molar-refractivity contribution in [3.8, 4) is 5.75 Å². The van der Waals surface area contributed by atoms with Gasteiger partial charge in [-0.3, -0.25) is 19.8 Å². The van der Waals surface area contributed by atoms with Gasteiger partial charge in [0, 0.05) is 12.1 Å². The highest BCUT2D eigenvalue weighted by Crippen LogP contribution is 2.38. The minimum atomic E-state index is -0.476. The molecule has 3 rings (SSSR count). The third kappa shape index (κ3) is 3.57. The maximum absolute atomic E-state index is 12.7. The second kappa shape index (κ2) is 7.45. The van der Waals surface area contributed by atoms with Crippen molar-refractivity contribution in [2.24, 2.45) is 0 Å². The van der Waals surface area contributed by atoms with Crippen LogP contribution in [0, 0.1) is 10.1 Å². The number of carbonyl (C=O) groups excluding carboxylic acids is 1. The minimum Gasteiger partial charge on any atom is -0.495 e. The lowest BCUT2D eigenvalue weighted by atomic mass is 10.2. The lowest BCUT2D eigenvalue weighted by molar-refractivity contribution is -0.384. The molecule has 9 heteroatoms. The predicted molar refractivity (Wildman–Crippen MR) is 107 cm³/mol. The Balaban J connectivity index is 1.88. The van der Waals surface area contributed by atoms with E-state index in [0.29, 0.717) is 31.2 Å². The number of hydrogen-bond acceptors (Lipinski definition) is 6. The molecular weight excluding hydrogens is 396 g/mol. The third-order valence-electron chi connectivity index (χ3n) is 3.59. The van der Waals surface area contributed by atoms with Crippen LogP contribution in [0.1, 0.15) is 5.56 Å². The highest BCUT2D eigenvalue weighted by atomic mass is 35.5. The number of anilines is 1. The second-order valence-corrected chi connectivity index (χ2v) is 7.27. The Bertz CT molecular complexity index is 944. The Kier molecular flexibility index (Phi) is 5.26. The van der Waals surface area contributed by atoms with E-state index < -0.39 is 4.92 Å². The molecule has 0 N–H and O–H groups in total. The van der Waals surface area contributed by atoms with Gasteiger partial charge in [-0.25, -0.2) is 0 Å². The molecule has 0 unspecified atom stereocenters. The molecule has 0 atom stereocenters. The molecule has 132 valence electrons. The van der Waals surface area contributed by atoms with Crippen molar-refractivity contribution in [2.75, 3.05) is 12.0 Å². The van der Waals surface area contributed by atoms with E-state index >= 15 is 0 Å². The van der Waals surface area contributed by atoms with Crippen LogP contribution in [0.25, 0.3) is 6.08 Å². The Morgan fingerprint density at radius 1 is 1.27 bits per heavy atom. The number of ether oxygens (including phenoxy) is 1. The van der Waals surface area contributed by atoms with Crippen LogP contribution in [0.5, 0.6) is 5.75 Å². The first kappa shape index (κ1) is 18.4. The van der Waals surface area contributed by atoms with Gasteiger partial charge in [-0.1, -0.05) is 35.6 Å². The Morgan fingerprint density at radius 2 is 1.96 bits per heavy atom. The fourth-order valence-corrected chi connectivity index (χ4v) is 3.88. The summed E-state index contributed by atoms with van der Waals surface area (Å²) in [5, 5.41) is 11.1. The van der Waals surface area contributed by atoms with E-state index in [1.54, 1.807) is 36.4 Å². The molecule has 2 aromatic rings. The zero-order valence-corrected chi connectivity index (χ0v) is 15.7. The SMILES string of the molecule is COc1ccc(N2C(=O)C(=Cc3ccc([N+](=O)[O-])cc3)SC2=S)cc1Cl. The summed E-state index contributed by atoms with van der Waals surface area (Å²) in [5.74, 6) is 0.224. The second-order valence-electron chi connectivity index (χ2n) is 5.18. The first-order valence-electron chi connectivity index (χ1n) is 7.26. The van der Waals surface area contributed by atoms with Crippen molar-refractivity contribution in [1.29, 1.82) is 0 Å². The number of nitro benzene ring substituents is 1. The number of methoxy groups -OCH3 is 1. The lowest BCUT2D eigenvalue weighted by Gasteiger charge is -2.15. The van der Waals surface area contributed by atoms with Gasteiger partial charge < -0.3 is 4.74 Å². The number of hydrogen-bond donors (Lipinski definition) is 0. The van der Waals surface area contributed by atoms with Gasteiger partial charge in [-0.15, -0.1) is 0 Å². The molecule has 6 nitrogen and oxygen atoms in total. The molecule has 1 fully saturated rings. The number of carbonyl (C=O) groups is 1. The fourth-order valence-electron chi connectivity index (χ4n) is 2.33. The van der Waals surface area contributed by atoms with Crippen LogP contribution in [0.15, 0.2) is 47.4 Å². The zero-order chi connectivity index (χ0) is 18.8. The number of benzene rings is 2. The normalized spacial score (nSPS) is 15.6. The largest absolute Gasteiger partial charge is 0.495 e. The zero-order valence-electron chi connectivity index (χ0n) is 13.3. The summed E-state index contributed by atoms with van der Waals surface area (Å²) in [5.41, 5.74) is 1.21. The average Bonchev–Trinajstić information content (AvgIpc) is 2.89. The summed E-state index contributed by atoms with van der Waals surface area (Å²) < 4.78 is 5.49. The van der Waals surface area contributed by atoms with E-state index in [4.69, 9.17) is 28.6 Å². The summed E-state index contributed by atoms with van der Waals surface area (Å²) in [4.78, 5) is 24.8. The Labute approximate surface area is 163 Å². The van der Waals surface area contributed by atoms with Gasteiger partial charge in [0.05, 0.1) is 27.6 Å². The number of thiocarbonyl (C=S) groups is 1. The van der Waals surface area contributed by atoms with Crippen LogP contribution in [-0.2, 0) is 4.79 Å². The van der Waals surface area contributed by atoms with Gasteiger partial charge in [0.1, 0.15) is 5.75 Å². The summed E-state index contributed by atoms with van der Waals surface area (Å²) >= 11 is 12.6. The van der Waals surface area contributed by atoms with E-state index in [0.717, 1.165) is 11.8 Å². The summed E-state index contributed by atoms with van der Waals surface area (Å²) in [7, 11) is 1.51. The van der Waals surface area contributed by atoms with Crippen molar-refractivity contribution in [1.82, 2.24) is 0 Å². The smallest absolute Gasteiger partial charge is 0.270 e. The fraction of sp³-hybridized carbons (Fsp3) is 0.0588. The molecule has 0 aromatic heterocycles. The van der Waals surface area contributed by atoms with Crippen molar-refractivity contribution in [3.05, 3.63) is 68.1 Å². The molecule has 1 saturated heterocycles.